The number of carbonyl (C=O) groups is 1. The van der Waals surface area contributed by atoms with Crippen molar-refractivity contribution in [1.29, 1.82) is 0 Å². The molecular formula is C32H39N9O2. The van der Waals surface area contributed by atoms with Crippen molar-refractivity contribution in [2.75, 3.05) is 49.1 Å². The summed E-state index contributed by atoms with van der Waals surface area (Å²) in [5.74, 6) is 0.823. The van der Waals surface area contributed by atoms with Crippen molar-refractivity contribution in [3.63, 3.8) is 0 Å². The standard InChI is InChI=1S/C32H39N9O2/c1-3-31(25-7-5-4-6-8-25)9-13-38(21-31)26-19-24(2)41(27(42)20-26)18-17-39-22-32(35-30(39)43)10-14-37(15-11-32)28-29-36-34-23-40(29)16-12-33-28/h4-8,12,16,19-20,23H,3,9-11,13-15,17-18,21-22H2,1-2H3,(H,35,43). The van der Waals surface area contributed by atoms with Crippen LogP contribution in [-0.4, -0.2) is 79.9 Å². The van der Waals surface area contributed by atoms with Crippen LogP contribution >= 0.6 is 0 Å². The van der Waals surface area contributed by atoms with Crippen LogP contribution in [0.15, 0.2) is 66.0 Å². The van der Waals surface area contributed by atoms with Gasteiger partial charge in [-0.1, -0.05) is 37.3 Å². The van der Waals surface area contributed by atoms with Crippen molar-refractivity contribution in [2.45, 2.75) is 57.0 Å². The maximum atomic E-state index is 13.3. The molecule has 2 amide bonds. The second-order valence-electron chi connectivity index (χ2n) is 12.4. The Morgan fingerprint density at radius 1 is 0.953 bits per heavy atom. The van der Waals surface area contributed by atoms with E-state index in [4.69, 9.17) is 0 Å². The lowest BCUT2D eigenvalue weighted by Gasteiger charge is -2.39. The van der Waals surface area contributed by atoms with Crippen LogP contribution in [0.5, 0.6) is 0 Å². The second kappa shape index (κ2) is 10.7. The summed E-state index contributed by atoms with van der Waals surface area (Å²) in [6, 6.07) is 14.6. The molecule has 3 aliphatic heterocycles. The van der Waals surface area contributed by atoms with Gasteiger partial charge in [-0.15, -0.1) is 10.2 Å². The van der Waals surface area contributed by atoms with E-state index < -0.39 is 0 Å². The minimum absolute atomic E-state index is 0.0125. The Bertz CT molecular complexity index is 1690. The zero-order valence-electron chi connectivity index (χ0n) is 24.9. The van der Waals surface area contributed by atoms with Gasteiger partial charge in [0.2, 0.25) is 5.65 Å². The van der Waals surface area contributed by atoms with Gasteiger partial charge in [0.15, 0.2) is 5.82 Å². The van der Waals surface area contributed by atoms with E-state index in [1.807, 2.05) is 22.4 Å². The van der Waals surface area contributed by atoms with Gasteiger partial charge in [0.25, 0.3) is 5.56 Å². The van der Waals surface area contributed by atoms with E-state index in [2.05, 4.69) is 73.6 Å². The van der Waals surface area contributed by atoms with Crippen LogP contribution in [-0.2, 0) is 12.0 Å². The van der Waals surface area contributed by atoms with Crippen LogP contribution < -0.4 is 20.7 Å². The molecule has 0 aliphatic carbocycles. The molecule has 1 N–H and O–H groups in total. The number of amides is 2. The molecule has 0 radical (unpaired) electrons. The van der Waals surface area contributed by atoms with Gasteiger partial charge in [-0.3, -0.25) is 9.20 Å². The number of anilines is 2. The van der Waals surface area contributed by atoms with Gasteiger partial charge in [0.05, 0.1) is 5.54 Å². The van der Waals surface area contributed by atoms with E-state index in [0.717, 1.165) is 74.7 Å². The molecular weight excluding hydrogens is 542 g/mol. The molecule has 1 aromatic carbocycles. The molecule has 0 bridgehead atoms. The monoisotopic (exact) mass is 581 g/mol. The lowest BCUT2D eigenvalue weighted by Crippen LogP contribution is -2.52. The topological polar surface area (TPSA) is 104 Å². The summed E-state index contributed by atoms with van der Waals surface area (Å²) >= 11 is 0. The van der Waals surface area contributed by atoms with Gasteiger partial charge < -0.3 is 24.6 Å². The quantitative estimate of drug-likeness (QED) is 0.358. The van der Waals surface area contributed by atoms with Gasteiger partial charge in [-0.2, -0.15) is 0 Å². The molecule has 6 heterocycles. The van der Waals surface area contributed by atoms with Crippen molar-refractivity contribution in [3.8, 4) is 0 Å². The number of benzene rings is 1. The Kier molecular flexibility index (Phi) is 6.82. The summed E-state index contributed by atoms with van der Waals surface area (Å²) in [6.45, 7) is 9.26. The zero-order chi connectivity index (χ0) is 29.6. The fourth-order valence-electron chi connectivity index (χ4n) is 7.38. The third kappa shape index (κ3) is 4.90. The van der Waals surface area contributed by atoms with Gasteiger partial charge in [-0.25, -0.2) is 9.78 Å². The number of nitrogens with one attached hydrogen (secondary N) is 1. The molecule has 0 saturated carbocycles. The Hall–Kier alpha value is -4.41. The second-order valence-corrected chi connectivity index (χ2v) is 12.4. The lowest BCUT2D eigenvalue weighted by molar-refractivity contribution is 0.215. The number of aryl methyl sites for hydroxylation is 1. The van der Waals surface area contributed by atoms with E-state index in [9.17, 15) is 9.59 Å². The summed E-state index contributed by atoms with van der Waals surface area (Å²) in [5.41, 5.74) is 3.87. The molecule has 3 fully saturated rings. The predicted molar refractivity (Wildman–Crippen MR) is 166 cm³/mol. The molecule has 1 atom stereocenters. The average molecular weight is 582 g/mol. The van der Waals surface area contributed by atoms with Gasteiger partial charge in [0.1, 0.15) is 6.33 Å². The zero-order valence-corrected chi connectivity index (χ0v) is 24.9. The van der Waals surface area contributed by atoms with Crippen molar-refractivity contribution >= 4 is 23.2 Å². The molecule has 224 valence electrons. The Labute approximate surface area is 251 Å². The Morgan fingerprint density at radius 3 is 2.51 bits per heavy atom. The summed E-state index contributed by atoms with van der Waals surface area (Å²) in [6.07, 6.45) is 9.06. The smallest absolute Gasteiger partial charge is 0.318 e. The molecule has 3 aliphatic rings. The highest BCUT2D eigenvalue weighted by atomic mass is 16.2. The van der Waals surface area contributed by atoms with E-state index in [-0.39, 0.29) is 22.5 Å². The maximum Gasteiger partial charge on any atom is 0.318 e. The van der Waals surface area contributed by atoms with Crippen LogP contribution in [0.25, 0.3) is 5.65 Å². The highest BCUT2D eigenvalue weighted by Gasteiger charge is 2.44. The first-order chi connectivity index (χ1) is 20.9. The van der Waals surface area contributed by atoms with Crippen LogP contribution in [0.4, 0.5) is 16.3 Å². The van der Waals surface area contributed by atoms with Crippen LogP contribution in [0.3, 0.4) is 0 Å². The fraction of sp³-hybridized carbons (Fsp3) is 0.469. The molecule has 7 rings (SSSR count). The number of urea groups is 1. The normalized spacial score (nSPS) is 21.7. The summed E-state index contributed by atoms with van der Waals surface area (Å²) < 4.78 is 3.67. The predicted octanol–water partition coefficient (Wildman–Crippen LogP) is 3.22. The highest BCUT2D eigenvalue weighted by Crippen LogP contribution is 2.39. The third-order valence-electron chi connectivity index (χ3n) is 10.1. The van der Waals surface area contributed by atoms with Crippen molar-refractivity contribution < 1.29 is 4.79 Å². The number of aromatic nitrogens is 5. The lowest BCUT2D eigenvalue weighted by atomic mass is 9.77. The molecule has 1 spiro atoms. The number of nitrogens with zero attached hydrogens (tertiary/aromatic N) is 8. The Balaban J connectivity index is 0.988. The molecule has 3 aromatic heterocycles. The maximum absolute atomic E-state index is 13.3. The van der Waals surface area contributed by atoms with Gasteiger partial charge in [0, 0.05) is 81.1 Å². The van der Waals surface area contributed by atoms with Gasteiger partial charge in [-0.05, 0) is 44.2 Å². The largest absolute Gasteiger partial charge is 0.370 e. The molecule has 4 aromatic rings. The first kappa shape index (κ1) is 27.4. The molecule has 3 saturated heterocycles. The minimum atomic E-state index is -0.267. The number of hydrogen-bond donors (Lipinski definition) is 1. The third-order valence-corrected chi connectivity index (χ3v) is 10.1. The summed E-state index contributed by atoms with van der Waals surface area (Å²) in [5, 5.41) is 11.5. The minimum Gasteiger partial charge on any atom is -0.370 e. The van der Waals surface area contributed by atoms with Crippen molar-refractivity contribution in [1.82, 2.24) is 34.4 Å². The first-order valence-corrected chi connectivity index (χ1v) is 15.4. The van der Waals surface area contributed by atoms with E-state index >= 15 is 0 Å². The van der Waals surface area contributed by atoms with E-state index in [1.54, 1.807) is 23.2 Å². The average Bonchev–Trinajstić information content (AvgIpc) is 3.76. The van der Waals surface area contributed by atoms with Gasteiger partial charge >= 0.3 is 6.03 Å². The van der Waals surface area contributed by atoms with Crippen LogP contribution in [0.1, 0.15) is 43.9 Å². The number of carbonyl (C=O) groups excluding carboxylic acids is 1. The van der Waals surface area contributed by atoms with Crippen LogP contribution in [0.2, 0.25) is 0 Å². The number of pyridine rings is 1. The number of hydrogen-bond acceptors (Lipinski definition) is 7. The first-order valence-electron chi connectivity index (χ1n) is 15.4. The molecule has 1 unspecified atom stereocenters. The number of rotatable bonds is 7. The molecule has 43 heavy (non-hydrogen) atoms. The molecule has 11 heteroatoms. The van der Waals surface area contributed by atoms with Crippen molar-refractivity contribution in [2.24, 2.45) is 0 Å². The SMILES string of the molecule is CCC1(c2ccccc2)CCN(c2cc(C)n(CCN3CC4(CCN(c5nccn6cnnc56)CC4)NC3=O)c(=O)c2)C1. The highest BCUT2D eigenvalue weighted by molar-refractivity contribution is 5.78. The van der Waals surface area contributed by atoms with E-state index in [1.165, 1.54) is 5.56 Å². The van der Waals surface area contributed by atoms with Crippen LogP contribution in [0, 0.1) is 6.92 Å². The van der Waals surface area contributed by atoms with E-state index in [0.29, 0.717) is 19.6 Å². The van der Waals surface area contributed by atoms with Crippen molar-refractivity contribution in [3.05, 3.63) is 82.8 Å². The molecule has 11 nitrogen and oxygen atoms in total. The summed E-state index contributed by atoms with van der Waals surface area (Å²) in [4.78, 5) is 37.4. The number of piperidine rings is 1. The Morgan fingerprint density at radius 2 is 1.74 bits per heavy atom. The number of fused-ring (bicyclic) bond motifs is 1. The summed E-state index contributed by atoms with van der Waals surface area (Å²) in [7, 11) is 0. The fourth-order valence-corrected chi connectivity index (χ4v) is 7.38.